The van der Waals surface area contributed by atoms with Gasteiger partial charge in [-0.3, -0.25) is 0 Å². The molecule has 0 unspecified atom stereocenters. The van der Waals surface area contributed by atoms with E-state index in [0.29, 0.717) is 6.35 Å². The Morgan fingerprint density at radius 1 is 0.645 bits per heavy atom. The van der Waals surface area contributed by atoms with Gasteiger partial charge in [0.1, 0.15) is 23.2 Å². The van der Waals surface area contributed by atoms with Gasteiger partial charge < -0.3 is 14.6 Å². The predicted octanol–water partition coefficient (Wildman–Crippen LogP) is 3.63. The molecule has 4 rings (SSSR count). The maximum Gasteiger partial charge on any atom is 0.170 e. The summed E-state index contributed by atoms with van der Waals surface area (Å²) >= 11 is 0. The van der Waals surface area contributed by atoms with E-state index < -0.39 is 13.2 Å². The van der Waals surface area contributed by atoms with Gasteiger partial charge in [0.25, 0.3) is 0 Å². The largest absolute Gasteiger partial charge is 0.545 e. The first-order chi connectivity index (χ1) is 15.2. The molecule has 3 nitrogen and oxygen atoms in total. The lowest BCUT2D eigenvalue weighted by Gasteiger charge is -2.26. The molecule has 0 atom stereocenters. The van der Waals surface area contributed by atoms with E-state index in [1.165, 1.54) is 28.0 Å². The average molecular weight is 428 g/mol. The number of carboxylic acids is 1. The Labute approximate surface area is 184 Å². The molecular weight excluding hydrogens is 403 g/mol. The summed E-state index contributed by atoms with van der Waals surface area (Å²) in [6.07, 6.45) is 0.713. The van der Waals surface area contributed by atoms with Crippen molar-refractivity contribution in [2.45, 2.75) is 0 Å². The lowest BCUT2D eigenvalue weighted by atomic mass is 10.2. The van der Waals surface area contributed by atoms with Crippen molar-refractivity contribution in [2.75, 3.05) is 13.5 Å². The Morgan fingerprint density at radius 3 is 1.23 bits per heavy atom. The van der Waals surface area contributed by atoms with Crippen LogP contribution in [0.2, 0.25) is 0 Å². The smallest absolute Gasteiger partial charge is 0.170 e. The Bertz CT molecular complexity index is 956. The molecule has 0 aliphatic heterocycles. The Hall–Kier alpha value is -3.26. The van der Waals surface area contributed by atoms with Crippen LogP contribution in [0.1, 0.15) is 10.4 Å². The van der Waals surface area contributed by atoms with Crippen molar-refractivity contribution >= 4 is 29.1 Å². The first-order valence-corrected chi connectivity index (χ1v) is 12.0. The molecule has 0 aliphatic rings. The molecular formula is C27H25O3P. The Balaban J connectivity index is 0.000000254. The minimum Gasteiger partial charge on any atom is -0.545 e. The fourth-order valence-electron chi connectivity index (χ4n) is 3.49. The Kier molecular flexibility index (Phi) is 8.12. The van der Waals surface area contributed by atoms with Crippen LogP contribution in [0.15, 0.2) is 121 Å². The van der Waals surface area contributed by atoms with Crippen LogP contribution >= 0.6 is 7.26 Å². The van der Waals surface area contributed by atoms with Crippen LogP contribution in [0.3, 0.4) is 0 Å². The number of carbonyl (C=O) groups excluding carboxylic acids is 1. The van der Waals surface area contributed by atoms with E-state index in [4.69, 9.17) is 4.74 Å². The monoisotopic (exact) mass is 428 g/mol. The maximum absolute atomic E-state index is 10.1. The van der Waals surface area contributed by atoms with Crippen LogP contribution < -0.4 is 21.0 Å². The number of benzene rings is 4. The van der Waals surface area contributed by atoms with Crippen LogP contribution in [-0.4, -0.2) is 19.4 Å². The zero-order chi connectivity index (χ0) is 21.9. The molecule has 0 fully saturated rings. The highest BCUT2D eigenvalue weighted by molar-refractivity contribution is 7.95. The molecule has 0 bridgehead atoms. The third-order valence-electron chi connectivity index (χ3n) is 4.92. The summed E-state index contributed by atoms with van der Waals surface area (Å²) in [5, 5.41) is 14.2. The van der Waals surface area contributed by atoms with Crippen molar-refractivity contribution in [3.8, 4) is 0 Å². The molecule has 0 amide bonds. The molecule has 0 spiro atoms. The normalized spacial score (nSPS) is 10.6. The van der Waals surface area contributed by atoms with Crippen LogP contribution in [0, 0.1) is 0 Å². The van der Waals surface area contributed by atoms with Crippen molar-refractivity contribution in [1.29, 1.82) is 0 Å². The SMILES string of the molecule is COC[P+](c1ccccc1)(c1ccccc1)c1ccccc1.O=C([O-])c1ccccc1. The summed E-state index contributed by atoms with van der Waals surface area (Å²) in [7, 11) is 0.0197. The average Bonchev–Trinajstić information content (AvgIpc) is 2.85. The van der Waals surface area contributed by atoms with E-state index in [2.05, 4.69) is 91.0 Å². The minimum atomic E-state index is -1.78. The lowest BCUT2D eigenvalue weighted by Crippen LogP contribution is -2.33. The second-order valence-electron chi connectivity index (χ2n) is 6.89. The number of carboxylic acid groups (broad SMARTS) is 1. The first kappa shape index (κ1) is 22.4. The minimum absolute atomic E-state index is 0.220. The number of aromatic carboxylic acids is 1. The van der Waals surface area contributed by atoms with Gasteiger partial charge in [0.15, 0.2) is 6.35 Å². The van der Waals surface area contributed by atoms with E-state index in [1.807, 2.05) is 0 Å². The molecule has 0 radical (unpaired) electrons. The molecule has 4 heteroatoms. The quantitative estimate of drug-likeness (QED) is 0.441. The number of hydrogen-bond donors (Lipinski definition) is 0. The third kappa shape index (κ3) is 5.46. The fourth-order valence-corrected chi connectivity index (χ4v) is 7.26. The van der Waals surface area contributed by atoms with Crippen molar-refractivity contribution in [3.63, 3.8) is 0 Å². The highest BCUT2D eigenvalue weighted by atomic mass is 31.2. The summed E-state index contributed by atoms with van der Waals surface area (Å²) in [4.78, 5) is 10.1. The van der Waals surface area contributed by atoms with Crippen LogP contribution in [0.4, 0.5) is 0 Å². The van der Waals surface area contributed by atoms with Gasteiger partial charge in [-0.15, -0.1) is 0 Å². The number of carbonyl (C=O) groups is 1. The fraction of sp³-hybridized carbons (Fsp3) is 0.0741. The zero-order valence-electron chi connectivity index (χ0n) is 17.4. The summed E-state index contributed by atoms with van der Waals surface area (Å²) in [5.74, 6) is -1.13. The molecule has 31 heavy (non-hydrogen) atoms. The van der Waals surface area contributed by atoms with Crippen molar-refractivity contribution in [3.05, 3.63) is 127 Å². The van der Waals surface area contributed by atoms with Gasteiger partial charge in [-0.25, -0.2) is 0 Å². The van der Waals surface area contributed by atoms with Gasteiger partial charge in [0.05, 0.1) is 5.97 Å². The standard InChI is InChI=1S/C20H20OP.C7H6O2/c1-21-17-22(18-11-5-2-6-12-18,19-13-7-3-8-14-19)20-15-9-4-10-16-20;8-7(9)6-4-2-1-3-5-6/h2-16H,17H2,1H3;1-5H,(H,8,9)/q+1;/p-1. The maximum atomic E-state index is 10.1. The van der Waals surface area contributed by atoms with E-state index in [0.717, 1.165) is 0 Å². The number of rotatable bonds is 6. The number of hydrogen-bond acceptors (Lipinski definition) is 3. The van der Waals surface area contributed by atoms with Gasteiger partial charge in [0, 0.05) is 7.11 Å². The lowest BCUT2D eigenvalue weighted by molar-refractivity contribution is -0.255. The molecule has 0 N–H and O–H groups in total. The predicted molar refractivity (Wildman–Crippen MR) is 128 cm³/mol. The molecule has 0 aliphatic carbocycles. The van der Waals surface area contributed by atoms with Crippen LogP contribution in [-0.2, 0) is 4.74 Å². The second-order valence-corrected chi connectivity index (χ2v) is 10.3. The van der Waals surface area contributed by atoms with Gasteiger partial charge in [-0.1, -0.05) is 84.9 Å². The van der Waals surface area contributed by atoms with Crippen LogP contribution in [0.5, 0.6) is 0 Å². The zero-order valence-corrected chi connectivity index (χ0v) is 18.3. The summed E-state index contributed by atoms with van der Waals surface area (Å²) < 4.78 is 5.72. The Morgan fingerprint density at radius 2 is 0.968 bits per heavy atom. The molecule has 0 aromatic heterocycles. The summed E-state index contributed by atoms with van der Waals surface area (Å²) in [6.45, 7) is 0. The highest BCUT2D eigenvalue weighted by Crippen LogP contribution is 2.54. The second kappa shape index (κ2) is 11.2. The van der Waals surface area contributed by atoms with Gasteiger partial charge in [-0.05, 0) is 42.0 Å². The van der Waals surface area contributed by atoms with Crippen LogP contribution in [0.25, 0.3) is 0 Å². The highest BCUT2D eigenvalue weighted by Gasteiger charge is 2.45. The molecule has 4 aromatic carbocycles. The van der Waals surface area contributed by atoms with E-state index >= 15 is 0 Å². The summed E-state index contributed by atoms with van der Waals surface area (Å²) in [5.41, 5.74) is 0.220. The number of ether oxygens (including phenoxy) is 1. The van der Waals surface area contributed by atoms with Gasteiger partial charge in [0.2, 0.25) is 0 Å². The topological polar surface area (TPSA) is 49.4 Å². The molecule has 0 saturated carbocycles. The third-order valence-corrected chi connectivity index (χ3v) is 9.11. The molecule has 0 heterocycles. The molecule has 4 aromatic rings. The van der Waals surface area contributed by atoms with E-state index in [1.54, 1.807) is 25.3 Å². The van der Waals surface area contributed by atoms with Gasteiger partial charge in [-0.2, -0.15) is 0 Å². The van der Waals surface area contributed by atoms with Crippen molar-refractivity contribution in [1.82, 2.24) is 0 Å². The first-order valence-electron chi connectivity index (χ1n) is 9.98. The van der Waals surface area contributed by atoms with Crippen molar-refractivity contribution < 1.29 is 14.6 Å². The number of methoxy groups -OCH3 is 1. The van der Waals surface area contributed by atoms with Crippen molar-refractivity contribution in [2.24, 2.45) is 0 Å². The molecule has 156 valence electrons. The van der Waals surface area contributed by atoms with E-state index in [9.17, 15) is 9.90 Å². The van der Waals surface area contributed by atoms with E-state index in [-0.39, 0.29) is 5.56 Å². The molecule has 0 saturated heterocycles. The summed E-state index contributed by atoms with van der Waals surface area (Å²) in [6, 6.07) is 40.3. The van der Waals surface area contributed by atoms with Gasteiger partial charge >= 0.3 is 0 Å².